The fourth-order valence-corrected chi connectivity index (χ4v) is 2.03. The molecular formula is C9H7Cl2F3N2O. The van der Waals surface area contributed by atoms with E-state index in [1.54, 1.807) is 0 Å². The lowest BCUT2D eigenvalue weighted by molar-refractivity contribution is -0.326. The van der Waals surface area contributed by atoms with Gasteiger partial charge in [0, 0.05) is 0 Å². The van der Waals surface area contributed by atoms with Crippen LogP contribution in [0.1, 0.15) is 17.9 Å². The monoisotopic (exact) mass is 286 g/mol. The second-order valence-electron chi connectivity index (χ2n) is 3.77. The molecule has 2 rings (SSSR count). The molecule has 1 aliphatic rings. The number of alkyl halides is 3. The molecule has 3 nitrogen and oxygen atoms in total. The molecule has 0 N–H and O–H groups in total. The molecule has 0 amide bonds. The summed E-state index contributed by atoms with van der Waals surface area (Å²) in [6, 6.07) is 1.52. The molecule has 1 fully saturated rings. The predicted molar refractivity (Wildman–Crippen MR) is 54.9 cm³/mol. The summed E-state index contributed by atoms with van der Waals surface area (Å²) in [4.78, 5) is 0. The van der Waals surface area contributed by atoms with Gasteiger partial charge in [-0.15, -0.1) is 23.4 Å². The highest BCUT2D eigenvalue weighted by atomic mass is 35.5. The van der Waals surface area contributed by atoms with Crippen molar-refractivity contribution < 1.29 is 17.9 Å². The Bertz CT molecular complexity index is 427. The van der Waals surface area contributed by atoms with Crippen LogP contribution < -0.4 is 0 Å². The maximum atomic E-state index is 11.8. The zero-order chi connectivity index (χ0) is 12.6. The van der Waals surface area contributed by atoms with E-state index in [-0.39, 0.29) is 28.7 Å². The Hall–Kier alpha value is -0.590. The number of halogens is 5. The lowest BCUT2D eigenvalue weighted by Crippen LogP contribution is -2.15. The van der Waals surface area contributed by atoms with Crippen LogP contribution in [0.4, 0.5) is 13.2 Å². The summed E-state index contributed by atoms with van der Waals surface area (Å²) in [6.07, 6.45) is -4.01. The van der Waals surface area contributed by atoms with Gasteiger partial charge in [-0.25, -0.2) is 0 Å². The van der Waals surface area contributed by atoms with Gasteiger partial charge in [0.1, 0.15) is 0 Å². The third kappa shape index (κ3) is 3.43. The van der Waals surface area contributed by atoms with Crippen LogP contribution in [0, 0.1) is 5.92 Å². The first kappa shape index (κ1) is 12.9. The molecule has 0 bridgehead atoms. The van der Waals surface area contributed by atoms with Gasteiger partial charge in [0.05, 0.1) is 6.61 Å². The Morgan fingerprint density at radius 3 is 2.71 bits per heavy atom. The molecule has 1 aromatic heterocycles. The molecule has 0 unspecified atom stereocenters. The fraction of sp³-hybridized carbons (Fsp3) is 0.556. The largest absolute Gasteiger partial charge is 0.522 e. The van der Waals surface area contributed by atoms with Crippen molar-refractivity contribution in [1.29, 1.82) is 0 Å². The van der Waals surface area contributed by atoms with Gasteiger partial charge in [0.2, 0.25) is 0 Å². The van der Waals surface area contributed by atoms with E-state index >= 15 is 0 Å². The summed E-state index contributed by atoms with van der Waals surface area (Å²) < 4.78 is 39.2. The molecule has 1 saturated carbocycles. The molecule has 0 aliphatic heterocycles. The Morgan fingerprint density at radius 2 is 2.06 bits per heavy atom. The maximum absolute atomic E-state index is 11.8. The van der Waals surface area contributed by atoms with Gasteiger partial charge in [-0.05, 0) is 29.9 Å². The lowest BCUT2D eigenvalue weighted by atomic mass is 10.2. The number of rotatable bonds is 3. The minimum absolute atomic E-state index is 0.0853. The Kier molecular flexibility index (Phi) is 3.47. The van der Waals surface area contributed by atoms with Gasteiger partial charge in [-0.2, -0.15) is 0 Å². The first-order valence-electron chi connectivity index (χ1n) is 4.76. The average Bonchev–Trinajstić information content (AvgIpc) is 2.97. The Morgan fingerprint density at radius 1 is 1.35 bits per heavy atom. The van der Waals surface area contributed by atoms with Crippen molar-refractivity contribution >= 4 is 23.2 Å². The van der Waals surface area contributed by atoms with Gasteiger partial charge in [0.15, 0.2) is 10.3 Å². The zero-order valence-corrected chi connectivity index (χ0v) is 9.85. The van der Waals surface area contributed by atoms with Crippen molar-refractivity contribution in [3.63, 3.8) is 0 Å². The highest BCUT2D eigenvalue weighted by Gasteiger charge is 2.43. The third-order valence-electron chi connectivity index (χ3n) is 2.53. The quantitative estimate of drug-likeness (QED) is 0.854. The first-order chi connectivity index (χ1) is 7.87. The van der Waals surface area contributed by atoms with E-state index in [4.69, 9.17) is 23.2 Å². The summed E-state index contributed by atoms with van der Waals surface area (Å²) in [7, 11) is 0. The summed E-state index contributed by atoms with van der Waals surface area (Å²) in [6.45, 7) is -0.371. The molecule has 0 aromatic carbocycles. The topological polar surface area (TPSA) is 35.0 Å². The number of hydrogen-bond donors (Lipinski definition) is 0. The standard InChI is InChI=1S/C9H7Cl2F3N2O/c10-7-2-6(8(11)16-15-7)5-1-4(5)3-17-9(12,13)14/h2,4-5H,1,3H2/t4-,5+/m1/s1. The van der Waals surface area contributed by atoms with Crippen LogP contribution in [-0.2, 0) is 4.74 Å². The van der Waals surface area contributed by atoms with Gasteiger partial charge in [0.25, 0.3) is 0 Å². The zero-order valence-electron chi connectivity index (χ0n) is 8.34. The van der Waals surface area contributed by atoms with E-state index < -0.39 is 6.36 Å². The molecule has 2 atom stereocenters. The SMILES string of the molecule is FC(F)(F)OC[C@H]1C[C@@H]1c1cc(Cl)nnc1Cl. The van der Waals surface area contributed by atoms with Crippen molar-refractivity contribution in [1.82, 2.24) is 10.2 Å². The molecule has 1 aromatic rings. The van der Waals surface area contributed by atoms with Crippen LogP contribution >= 0.6 is 23.2 Å². The van der Waals surface area contributed by atoms with Crippen molar-refractivity contribution in [3.05, 3.63) is 21.9 Å². The summed E-state index contributed by atoms with van der Waals surface area (Å²) in [5.41, 5.74) is 0.627. The number of aromatic nitrogens is 2. The van der Waals surface area contributed by atoms with Gasteiger partial charge in [-0.3, -0.25) is 4.74 Å². The smallest absolute Gasteiger partial charge is 0.292 e. The van der Waals surface area contributed by atoms with E-state index in [0.717, 1.165) is 0 Å². The number of nitrogens with zero attached hydrogens (tertiary/aromatic N) is 2. The minimum Gasteiger partial charge on any atom is -0.292 e. The third-order valence-corrected chi connectivity index (χ3v) is 3.01. The molecular weight excluding hydrogens is 280 g/mol. The lowest BCUT2D eigenvalue weighted by Gasteiger charge is -2.07. The summed E-state index contributed by atoms with van der Waals surface area (Å²) in [5.74, 6) is -0.285. The van der Waals surface area contributed by atoms with Crippen LogP contribution in [0.25, 0.3) is 0 Å². The van der Waals surface area contributed by atoms with E-state index in [0.29, 0.717) is 12.0 Å². The van der Waals surface area contributed by atoms with E-state index in [2.05, 4.69) is 14.9 Å². The van der Waals surface area contributed by atoms with Crippen molar-refractivity contribution in [3.8, 4) is 0 Å². The van der Waals surface area contributed by atoms with E-state index in [1.807, 2.05) is 0 Å². The Labute approximate surface area is 105 Å². The number of hydrogen-bond acceptors (Lipinski definition) is 3. The second kappa shape index (κ2) is 4.59. The predicted octanol–water partition coefficient (Wildman–Crippen LogP) is 3.42. The summed E-state index contributed by atoms with van der Waals surface area (Å²) in [5, 5.41) is 7.48. The van der Waals surface area contributed by atoms with Crippen LogP contribution in [0.5, 0.6) is 0 Å². The van der Waals surface area contributed by atoms with E-state index in [1.165, 1.54) is 6.07 Å². The highest BCUT2D eigenvalue weighted by molar-refractivity contribution is 6.31. The van der Waals surface area contributed by atoms with Crippen LogP contribution in [0.15, 0.2) is 6.07 Å². The maximum Gasteiger partial charge on any atom is 0.522 e. The normalized spacial score (nSPS) is 23.8. The van der Waals surface area contributed by atoms with Gasteiger partial charge < -0.3 is 0 Å². The molecule has 0 radical (unpaired) electrons. The van der Waals surface area contributed by atoms with Crippen LogP contribution in [0.2, 0.25) is 10.3 Å². The summed E-state index contributed by atoms with van der Waals surface area (Å²) >= 11 is 11.4. The molecule has 8 heteroatoms. The minimum atomic E-state index is -4.59. The molecule has 17 heavy (non-hydrogen) atoms. The average molecular weight is 287 g/mol. The second-order valence-corrected chi connectivity index (χ2v) is 4.52. The van der Waals surface area contributed by atoms with Crippen molar-refractivity contribution in [2.75, 3.05) is 6.61 Å². The van der Waals surface area contributed by atoms with Crippen LogP contribution in [0.3, 0.4) is 0 Å². The van der Waals surface area contributed by atoms with E-state index in [9.17, 15) is 13.2 Å². The van der Waals surface area contributed by atoms with Crippen molar-refractivity contribution in [2.24, 2.45) is 5.92 Å². The first-order valence-corrected chi connectivity index (χ1v) is 5.51. The number of ether oxygens (including phenoxy) is 1. The molecule has 1 heterocycles. The highest BCUT2D eigenvalue weighted by Crippen LogP contribution is 2.50. The molecule has 0 spiro atoms. The van der Waals surface area contributed by atoms with Crippen molar-refractivity contribution in [2.45, 2.75) is 18.7 Å². The molecule has 94 valence electrons. The Balaban J connectivity index is 1.96. The van der Waals surface area contributed by atoms with Gasteiger partial charge >= 0.3 is 6.36 Å². The molecule has 1 aliphatic carbocycles. The molecule has 0 saturated heterocycles. The van der Waals surface area contributed by atoms with Gasteiger partial charge in [-0.1, -0.05) is 23.2 Å². The van der Waals surface area contributed by atoms with Crippen LogP contribution in [-0.4, -0.2) is 23.2 Å². The fourth-order valence-electron chi connectivity index (χ4n) is 1.64.